The molecule has 0 aromatic heterocycles. The normalized spacial score (nSPS) is 17.1. The molecule has 7 heteroatoms. The van der Waals surface area contributed by atoms with E-state index in [1.807, 2.05) is 47.4 Å². The van der Waals surface area contributed by atoms with Crippen molar-refractivity contribution in [2.45, 2.75) is 39.0 Å². The molecular weight excluding hydrogens is 440 g/mol. The van der Waals surface area contributed by atoms with Gasteiger partial charge in [0.25, 0.3) is 0 Å². The first-order valence-corrected chi connectivity index (χ1v) is 12.8. The molecular formula is C28H38N4O3. The maximum absolute atomic E-state index is 13.7. The van der Waals surface area contributed by atoms with Crippen molar-refractivity contribution in [2.75, 3.05) is 61.5 Å². The fraction of sp³-hybridized carbons (Fsp3) is 0.500. The zero-order valence-corrected chi connectivity index (χ0v) is 21.0. The Morgan fingerprint density at radius 3 is 2.37 bits per heavy atom. The summed E-state index contributed by atoms with van der Waals surface area (Å²) in [5, 5.41) is 2.92. The zero-order valence-electron chi connectivity index (χ0n) is 21.0. The maximum Gasteiger partial charge on any atom is 0.230 e. The molecule has 1 aliphatic carbocycles. The van der Waals surface area contributed by atoms with E-state index in [2.05, 4.69) is 21.2 Å². The summed E-state index contributed by atoms with van der Waals surface area (Å²) in [5.74, 6) is 1.03. The molecule has 1 aliphatic heterocycles. The van der Waals surface area contributed by atoms with E-state index in [1.54, 1.807) is 7.11 Å². The smallest absolute Gasteiger partial charge is 0.230 e. The Kier molecular flexibility index (Phi) is 8.64. The van der Waals surface area contributed by atoms with Crippen molar-refractivity contribution >= 4 is 28.9 Å². The molecule has 2 aliphatic rings. The van der Waals surface area contributed by atoms with Gasteiger partial charge in [-0.3, -0.25) is 14.5 Å². The summed E-state index contributed by atoms with van der Waals surface area (Å²) in [5.41, 5.74) is 2.63. The lowest BCUT2D eigenvalue weighted by molar-refractivity contribution is -0.123. The van der Waals surface area contributed by atoms with Gasteiger partial charge in [-0.15, -0.1) is 0 Å². The van der Waals surface area contributed by atoms with Crippen LogP contribution in [0.5, 0.6) is 5.75 Å². The fourth-order valence-electron chi connectivity index (χ4n) is 5.27. The summed E-state index contributed by atoms with van der Waals surface area (Å²) in [7, 11) is 1.71. The largest absolute Gasteiger partial charge is 0.495 e. The monoisotopic (exact) mass is 478 g/mol. The molecule has 1 heterocycles. The first-order chi connectivity index (χ1) is 17.1. The Hall–Kier alpha value is -3.06. The van der Waals surface area contributed by atoms with E-state index in [0.717, 1.165) is 75.5 Å². The van der Waals surface area contributed by atoms with Gasteiger partial charge in [-0.05, 0) is 37.1 Å². The highest BCUT2D eigenvalue weighted by atomic mass is 16.5. The summed E-state index contributed by atoms with van der Waals surface area (Å²) in [6, 6.07) is 15.8. The zero-order chi connectivity index (χ0) is 24.6. The Morgan fingerprint density at radius 1 is 0.971 bits per heavy atom. The van der Waals surface area contributed by atoms with Gasteiger partial charge in [-0.2, -0.15) is 0 Å². The third-order valence-corrected chi connectivity index (χ3v) is 7.16. The van der Waals surface area contributed by atoms with Gasteiger partial charge in [0.1, 0.15) is 5.75 Å². The number of rotatable bonds is 8. The Morgan fingerprint density at radius 2 is 1.66 bits per heavy atom. The minimum absolute atomic E-state index is 0.0662. The lowest BCUT2D eigenvalue weighted by Gasteiger charge is -2.38. The standard InChI is InChI=1S/C28H38N4O3/c1-22(33)29-24-12-6-7-13-25(24)32(28(34)23-10-4-3-5-11-23)21-18-30-16-19-31(20-17-30)26-14-8-9-15-27(26)35-2/h6-9,12-15,23H,3-5,10-11,16-21H2,1-2H3,(H,29,33). The number of benzene rings is 2. The van der Waals surface area contributed by atoms with Gasteiger partial charge < -0.3 is 19.9 Å². The van der Waals surface area contributed by atoms with Crippen LogP contribution in [0.15, 0.2) is 48.5 Å². The van der Waals surface area contributed by atoms with Crippen LogP contribution in [0.4, 0.5) is 17.1 Å². The summed E-state index contributed by atoms with van der Waals surface area (Å²) < 4.78 is 5.55. The second-order valence-corrected chi connectivity index (χ2v) is 9.52. The molecule has 2 fully saturated rings. The molecule has 1 N–H and O–H groups in total. The average Bonchev–Trinajstić information content (AvgIpc) is 2.90. The number of carbonyl (C=O) groups is 2. The number of ether oxygens (including phenoxy) is 1. The molecule has 4 rings (SSSR count). The second kappa shape index (κ2) is 12.1. The first kappa shape index (κ1) is 25.0. The molecule has 1 saturated heterocycles. The van der Waals surface area contributed by atoms with Gasteiger partial charge >= 0.3 is 0 Å². The third-order valence-electron chi connectivity index (χ3n) is 7.16. The molecule has 0 atom stereocenters. The molecule has 1 saturated carbocycles. The van der Waals surface area contributed by atoms with Crippen LogP contribution in [0.1, 0.15) is 39.0 Å². The predicted octanol–water partition coefficient (Wildman–Crippen LogP) is 4.39. The Bertz CT molecular complexity index is 997. The highest BCUT2D eigenvalue weighted by Crippen LogP contribution is 2.32. The van der Waals surface area contributed by atoms with Gasteiger partial charge in [-0.1, -0.05) is 43.5 Å². The van der Waals surface area contributed by atoms with Crippen LogP contribution in [0.2, 0.25) is 0 Å². The molecule has 2 amide bonds. The summed E-state index contributed by atoms with van der Waals surface area (Å²) in [6.07, 6.45) is 5.35. The number of nitrogens with one attached hydrogen (secondary N) is 1. The van der Waals surface area contributed by atoms with Crippen molar-refractivity contribution < 1.29 is 14.3 Å². The van der Waals surface area contributed by atoms with Crippen LogP contribution >= 0.6 is 0 Å². The van der Waals surface area contributed by atoms with E-state index < -0.39 is 0 Å². The summed E-state index contributed by atoms with van der Waals surface area (Å²) in [4.78, 5) is 32.2. The Balaban J connectivity index is 1.44. The van der Waals surface area contributed by atoms with Crippen molar-refractivity contribution in [3.63, 3.8) is 0 Å². The van der Waals surface area contributed by atoms with E-state index in [-0.39, 0.29) is 17.7 Å². The molecule has 7 nitrogen and oxygen atoms in total. The predicted molar refractivity (Wildman–Crippen MR) is 141 cm³/mol. The highest BCUT2D eigenvalue weighted by molar-refractivity contribution is 6.01. The highest BCUT2D eigenvalue weighted by Gasteiger charge is 2.29. The number of para-hydroxylation sites is 4. The minimum Gasteiger partial charge on any atom is -0.495 e. The van der Waals surface area contributed by atoms with Crippen molar-refractivity contribution in [3.05, 3.63) is 48.5 Å². The van der Waals surface area contributed by atoms with Crippen LogP contribution in [0, 0.1) is 5.92 Å². The lowest BCUT2D eigenvalue weighted by Crippen LogP contribution is -2.49. The van der Waals surface area contributed by atoms with Crippen LogP contribution in [-0.4, -0.2) is 63.1 Å². The molecule has 0 unspecified atom stereocenters. The maximum atomic E-state index is 13.7. The van der Waals surface area contributed by atoms with Gasteiger partial charge in [0.05, 0.1) is 24.2 Å². The van der Waals surface area contributed by atoms with Gasteiger partial charge in [0.15, 0.2) is 0 Å². The number of methoxy groups -OCH3 is 1. The topological polar surface area (TPSA) is 65.1 Å². The molecule has 2 aromatic rings. The number of carbonyl (C=O) groups excluding carboxylic acids is 2. The van der Waals surface area contributed by atoms with Crippen LogP contribution in [0.25, 0.3) is 0 Å². The van der Waals surface area contributed by atoms with Crippen LogP contribution in [0.3, 0.4) is 0 Å². The molecule has 35 heavy (non-hydrogen) atoms. The lowest BCUT2D eigenvalue weighted by atomic mass is 9.88. The number of hydrogen-bond donors (Lipinski definition) is 1. The SMILES string of the molecule is COc1ccccc1N1CCN(CCN(C(=O)C2CCCCC2)c2ccccc2NC(C)=O)CC1. The van der Waals surface area contributed by atoms with E-state index in [1.165, 1.54) is 13.3 Å². The number of amides is 2. The molecule has 0 radical (unpaired) electrons. The second-order valence-electron chi connectivity index (χ2n) is 9.52. The number of nitrogens with zero attached hydrogens (tertiary/aromatic N) is 3. The molecule has 0 bridgehead atoms. The van der Waals surface area contributed by atoms with Crippen LogP contribution in [-0.2, 0) is 9.59 Å². The molecule has 2 aromatic carbocycles. The summed E-state index contributed by atoms with van der Waals surface area (Å²) in [6.45, 7) is 6.60. The van der Waals surface area contributed by atoms with E-state index >= 15 is 0 Å². The minimum atomic E-state index is -0.130. The van der Waals surface area contributed by atoms with Gasteiger partial charge in [0, 0.05) is 52.1 Å². The van der Waals surface area contributed by atoms with Gasteiger partial charge in [0.2, 0.25) is 11.8 Å². The molecule has 0 spiro atoms. The average molecular weight is 479 g/mol. The van der Waals surface area contributed by atoms with Crippen LogP contribution < -0.4 is 19.9 Å². The third kappa shape index (κ3) is 6.34. The quantitative estimate of drug-likeness (QED) is 0.610. The van der Waals surface area contributed by atoms with Crippen molar-refractivity contribution in [3.8, 4) is 5.75 Å². The molecule has 188 valence electrons. The fourth-order valence-corrected chi connectivity index (χ4v) is 5.27. The number of anilines is 3. The van der Waals surface area contributed by atoms with Crippen molar-refractivity contribution in [1.82, 2.24) is 4.90 Å². The number of hydrogen-bond acceptors (Lipinski definition) is 5. The van der Waals surface area contributed by atoms with Crippen molar-refractivity contribution in [2.24, 2.45) is 5.92 Å². The van der Waals surface area contributed by atoms with E-state index in [9.17, 15) is 9.59 Å². The van der Waals surface area contributed by atoms with E-state index in [0.29, 0.717) is 12.2 Å². The number of piperazine rings is 1. The first-order valence-electron chi connectivity index (χ1n) is 12.8. The summed E-state index contributed by atoms with van der Waals surface area (Å²) >= 11 is 0. The van der Waals surface area contributed by atoms with Crippen molar-refractivity contribution in [1.29, 1.82) is 0 Å². The van der Waals surface area contributed by atoms with E-state index in [4.69, 9.17) is 4.74 Å². The Labute approximate surface area is 209 Å². The van der Waals surface area contributed by atoms with Gasteiger partial charge in [-0.25, -0.2) is 0 Å².